The van der Waals surface area contributed by atoms with Crippen LogP contribution in [-0.2, 0) is 9.53 Å². The third kappa shape index (κ3) is 3.09. The van der Waals surface area contributed by atoms with Crippen LogP contribution in [0, 0.1) is 0 Å². The highest BCUT2D eigenvalue weighted by Gasteiger charge is 2.35. The normalized spacial score (nSPS) is 32.9. The Labute approximate surface area is 115 Å². The molecule has 1 amide bonds. The van der Waals surface area contributed by atoms with Gasteiger partial charge in [-0.3, -0.25) is 9.69 Å². The zero-order chi connectivity index (χ0) is 13.1. The third-order valence-corrected chi connectivity index (χ3v) is 4.54. The van der Waals surface area contributed by atoms with Crippen molar-refractivity contribution < 1.29 is 9.53 Å². The lowest BCUT2D eigenvalue weighted by atomic mass is 10.1. The van der Waals surface area contributed by atoms with Gasteiger partial charge >= 0.3 is 0 Å². The lowest BCUT2D eigenvalue weighted by Gasteiger charge is -2.34. The number of likely N-dealkylation sites (tertiary alicyclic amines) is 1. The van der Waals surface area contributed by atoms with Gasteiger partial charge in [0.2, 0.25) is 0 Å². The summed E-state index contributed by atoms with van der Waals surface area (Å²) in [5.41, 5.74) is 0. The number of carbonyl (C=O) groups is 1. The maximum absolute atomic E-state index is 12.5. The Balaban J connectivity index is 1.55. The fourth-order valence-corrected chi connectivity index (χ4v) is 3.46. The van der Waals surface area contributed by atoms with Crippen LogP contribution in [0.3, 0.4) is 0 Å². The Kier molecular flexibility index (Phi) is 4.35. The smallest absolute Gasteiger partial charge is 0.251 e. The molecule has 2 atom stereocenters. The zero-order valence-corrected chi connectivity index (χ0v) is 11.6. The van der Waals surface area contributed by atoms with E-state index in [2.05, 4.69) is 15.1 Å². The Morgan fingerprint density at radius 2 is 2.00 bits per heavy atom. The molecule has 3 aliphatic heterocycles. The first-order chi connectivity index (χ1) is 9.34. The monoisotopic (exact) mass is 267 g/mol. The fraction of sp³-hybridized carbons (Fsp3) is 0.929. The number of hydrogen-bond acceptors (Lipinski definition) is 4. The second kappa shape index (κ2) is 6.20. The summed E-state index contributed by atoms with van der Waals surface area (Å²) in [5.74, 6) is 0.245. The highest BCUT2D eigenvalue weighted by atomic mass is 16.5. The second-order valence-electron chi connectivity index (χ2n) is 5.88. The molecule has 2 unspecified atom stereocenters. The van der Waals surface area contributed by atoms with Gasteiger partial charge in [-0.15, -0.1) is 0 Å². The molecule has 5 nitrogen and oxygen atoms in total. The average Bonchev–Trinajstić information content (AvgIpc) is 3.10. The zero-order valence-electron chi connectivity index (χ0n) is 11.6. The van der Waals surface area contributed by atoms with Crippen LogP contribution in [0.5, 0.6) is 0 Å². The van der Waals surface area contributed by atoms with E-state index >= 15 is 0 Å². The largest absolute Gasteiger partial charge is 0.368 e. The summed E-state index contributed by atoms with van der Waals surface area (Å²) in [6, 6.07) is 0.412. The number of ether oxygens (including phenoxy) is 1. The van der Waals surface area contributed by atoms with Gasteiger partial charge < -0.3 is 15.0 Å². The molecule has 3 aliphatic rings. The first kappa shape index (κ1) is 13.3. The summed E-state index contributed by atoms with van der Waals surface area (Å²) in [6.45, 7) is 7.10. The molecule has 0 radical (unpaired) electrons. The van der Waals surface area contributed by atoms with E-state index in [9.17, 15) is 4.79 Å². The number of rotatable bonds is 3. The molecule has 3 rings (SSSR count). The Hall–Kier alpha value is -0.650. The topological polar surface area (TPSA) is 44.8 Å². The van der Waals surface area contributed by atoms with Crippen LogP contribution in [0.2, 0.25) is 0 Å². The Bertz CT molecular complexity index is 312. The van der Waals surface area contributed by atoms with Crippen molar-refractivity contribution in [2.24, 2.45) is 0 Å². The van der Waals surface area contributed by atoms with E-state index in [1.165, 1.54) is 0 Å². The molecule has 19 heavy (non-hydrogen) atoms. The molecule has 0 aromatic rings. The van der Waals surface area contributed by atoms with Gasteiger partial charge in [0.25, 0.3) is 5.91 Å². The standard InChI is InChI=1S/C14H25N3O2/c18-14(13-4-2-10-19-13)17-7-1-3-12(17)11-16-8-5-15-6-9-16/h12-13,15H,1-11H2. The van der Waals surface area contributed by atoms with Gasteiger partial charge in [-0.1, -0.05) is 0 Å². The van der Waals surface area contributed by atoms with Gasteiger partial charge in [0, 0.05) is 51.9 Å². The molecule has 0 saturated carbocycles. The van der Waals surface area contributed by atoms with Gasteiger partial charge in [-0.2, -0.15) is 0 Å². The van der Waals surface area contributed by atoms with Crippen molar-refractivity contribution >= 4 is 5.91 Å². The summed E-state index contributed by atoms with van der Waals surface area (Å²) in [4.78, 5) is 17.1. The maximum Gasteiger partial charge on any atom is 0.251 e. The molecule has 0 aromatic carbocycles. The van der Waals surface area contributed by atoms with Crippen LogP contribution >= 0.6 is 0 Å². The van der Waals surface area contributed by atoms with Gasteiger partial charge in [-0.25, -0.2) is 0 Å². The lowest BCUT2D eigenvalue weighted by Crippen LogP contribution is -2.51. The van der Waals surface area contributed by atoms with E-state index < -0.39 is 0 Å². The van der Waals surface area contributed by atoms with Gasteiger partial charge in [0.05, 0.1) is 0 Å². The summed E-state index contributed by atoms with van der Waals surface area (Å²) >= 11 is 0. The summed E-state index contributed by atoms with van der Waals surface area (Å²) < 4.78 is 5.55. The van der Waals surface area contributed by atoms with Crippen molar-refractivity contribution in [3.63, 3.8) is 0 Å². The number of piperazine rings is 1. The molecule has 0 spiro atoms. The first-order valence-electron chi connectivity index (χ1n) is 7.70. The van der Waals surface area contributed by atoms with Crippen molar-refractivity contribution in [2.75, 3.05) is 45.9 Å². The Morgan fingerprint density at radius 1 is 1.16 bits per heavy atom. The molecular formula is C14H25N3O2. The van der Waals surface area contributed by atoms with Gasteiger partial charge in [0.15, 0.2) is 0 Å². The molecule has 0 aliphatic carbocycles. The number of nitrogens with zero attached hydrogens (tertiary/aromatic N) is 2. The third-order valence-electron chi connectivity index (χ3n) is 4.54. The molecule has 108 valence electrons. The number of nitrogens with one attached hydrogen (secondary N) is 1. The minimum absolute atomic E-state index is 0.149. The van der Waals surface area contributed by atoms with Crippen molar-refractivity contribution in [1.82, 2.24) is 15.1 Å². The summed E-state index contributed by atoms with van der Waals surface area (Å²) in [6.07, 6.45) is 4.10. The molecule has 3 fully saturated rings. The van der Waals surface area contributed by atoms with Crippen molar-refractivity contribution in [3.8, 4) is 0 Å². The van der Waals surface area contributed by atoms with Crippen LogP contribution in [0.4, 0.5) is 0 Å². The van der Waals surface area contributed by atoms with Gasteiger partial charge in [0.1, 0.15) is 6.10 Å². The van der Waals surface area contributed by atoms with Crippen LogP contribution < -0.4 is 5.32 Å². The van der Waals surface area contributed by atoms with Crippen LogP contribution in [-0.4, -0.2) is 73.7 Å². The van der Waals surface area contributed by atoms with Crippen molar-refractivity contribution in [2.45, 2.75) is 37.8 Å². The fourth-order valence-electron chi connectivity index (χ4n) is 3.46. The van der Waals surface area contributed by atoms with Crippen LogP contribution in [0.1, 0.15) is 25.7 Å². The molecule has 1 N–H and O–H groups in total. The highest BCUT2D eigenvalue weighted by molar-refractivity contribution is 5.81. The molecule has 3 heterocycles. The second-order valence-corrected chi connectivity index (χ2v) is 5.88. The number of hydrogen-bond donors (Lipinski definition) is 1. The summed E-state index contributed by atoms with van der Waals surface area (Å²) in [5, 5.41) is 3.38. The Morgan fingerprint density at radius 3 is 2.74 bits per heavy atom. The van der Waals surface area contributed by atoms with Crippen molar-refractivity contribution in [1.29, 1.82) is 0 Å². The van der Waals surface area contributed by atoms with Crippen molar-refractivity contribution in [3.05, 3.63) is 0 Å². The molecule has 5 heteroatoms. The molecule has 3 saturated heterocycles. The SMILES string of the molecule is O=C(C1CCCO1)N1CCCC1CN1CCNCC1. The predicted octanol–water partition coefficient (Wildman–Crippen LogP) is 0.0616. The van der Waals surface area contributed by atoms with E-state index in [1.54, 1.807) is 0 Å². The van der Waals surface area contributed by atoms with E-state index in [0.717, 1.165) is 71.6 Å². The average molecular weight is 267 g/mol. The minimum Gasteiger partial charge on any atom is -0.368 e. The molecular weight excluding hydrogens is 242 g/mol. The maximum atomic E-state index is 12.5. The predicted molar refractivity (Wildman–Crippen MR) is 73.0 cm³/mol. The highest BCUT2D eigenvalue weighted by Crippen LogP contribution is 2.23. The lowest BCUT2D eigenvalue weighted by molar-refractivity contribution is -0.142. The number of carbonyl (C=O) groups excluding carboxylic acids is 1. The quantitative estimate of drug-likeness (QED) is 0.785. The van der Waals surface area contributed by atoms with E-state index in [-0.39, 0.29) is 12.0 Å². The first-order valence-corrected chi connectivity index (χ1v) is 7.70. The van der Waals surface area contributed by atoms with E-state index in [1.807, 2.05) is 0 Å². The molecule has 0 aromatic heterocycles. The summed E-state index contributed by atoms with van der Waals surface area (Å²) in [7, 11) is 0. The van der Waals surface area contributed by atoms with Gasteiger partial charge in [-0.05, 0) is 25.7 Å². The van der Waals surface area contributed by atoms with Crippen LogP contribution in [0.15, 0.2) is 0 Å². The van der Waals surface area contributed by atoms with Crippen LogP contribution in [0.25, 0.3) is 0 Å². The number of amides is 1. The van der Waals surface area contributed by atoms with E-state index in [0.29, 0.717) is 6.04 Å². The molecule has 0 bridgehead atoms. The van der Waals surface area contributed by atoms with E-state index in [4.69, 9.17) is 4.74 Å². The minimum atomic E-state index is -0.149.